The van der Waals surface area contributed by atoms with E-state index in [1.807, 2.05) is 0 Å². The zero-order valence-electron chi connectivity index (χ0n) is 9.56. The van der Waals surface area contributed by atoms with Crippen molar-refractivity contribution in [2.45, 2.75) is 20.8 Å². The molecule has 0 aliphatic heterocycles. The van der Waals surface area contributed by atoms with Crippen LogP contribution in [0.15, 0.2) is 18.5 Å². The molecule has 0 saturated heterocycles. The Morgan fingerprint density at radius 1 is 1.44 bits per heavy atom. The smallest absolute Gasteiger partial charge is 0.423 e. The van der Waals surface area contributed by atoms with Crippen LogP contribution in [-0.4, -0.2) is 28.1 Å². The SMILES string of the molecule is CC(C)(C)C(=O)Nc1ccncc1B(O)O. The molecule has 0 aromatic carbocycles. The molecule has 0 bridgehead atoms. The number of rotatable bonds is 2. The number of carbonyl (C=O) groups excluding carboxylic acids is 1. The van der Waals surface area contributed by atoms with Gasteiger partial charge in [-0.2, -0.15) is 0 Å². The molecule has 5 nitrogen and oxygen atoms in total. The Balaban J connectivity index is 2.94. The lowest BCUT2D eigenvalue weighted by Gasteiger charge is -2.19. The minimum Gasteiger partial charge on any atom is -0.423 e. The van der Waals surface area contributed by atoms with E-state index in [1.165, 1.54) is 18.5 Å². The number of hydrogen-bond donors (Lipinski definition) is 3. The van der Waals surface area contributed by atoms with E-state index in [1.54, 1.807) is 20.8 Å². The Morgan fingerprint density at radius 2 is 2.06 bits per heavy atom. The molecule has 1 aromatic heterocycles. The van der Waals surface area contributed by atoms with Gasteiger partial charge in [-0.1, -0.05) is 20.8 Å². The first-order chi connectivity index (χ1) is 7.32. The van der Waals surface area contributed by atoms with E-state index < -0.39 is 12.5 Å². The van der Waals surface area contributed by atoms with Crippen LogP contribution in [0.1, 0.15) is 20.8 Å². The molecule has 86 valence electrons. The summed E-state index contributed by atoms with van der Waals surface area (Å²) in [6.45, 7) is 5.33. The summed E-state index contributed by atoms with van der Waals surface area (Å²) in [6, 6.07) is 1.53. The van der Waals surface area contributed by atoms with Gasteiger partial charge in [0.15, 0.2) is 0 Å². The lowest BCUT2D eigenvalue weighted by Crippen LogP contribution is -2.36. The molecule has 1 amide bonds. The van der Waals surface area contributed by atoms with Crippen LogP contribution in [0.5, 0.6) is 0 Å². The van der Waals surface area contributed by atoms with Crippen LogP contribution >= 0.6 is 0 Å². The highest BCUT2D eigenvalue weighted by molar-refractivity contribution is 6.60. The molecule has 3 N–H and O–H groups in total. The largest absolute Gasteiger partial charge is 0.492 e. The monoisotopic (exact) mass is 222 g/mol. The van der Waals surface area contributed by atoms with Crippen molar-refractivity contribution >= 4 is 24.2 Å². The van der Waals surface area contributed by atoms with Crippen LogP contribution in [0, 0.1) is 5.41 Å². The lowest BCUT2D eigenvalue weighted by molar-refractivity contribution is -0.123. The summed E-state index contributed by atoms with van der Waals surface area (Å²) in [5.41, 5.74) is 0.00559. The highest BCUT2D eigenvalue weighted by Crippen LogP contribution is 2.16. The van der Waals surface area contributed by atoms with Crippen molar-refractivity contribution in [2.24, 2.45) is 5.41 Å². The van der Waals surface area contributed by atoms with Crippen molar-refractivity contribution in [2.75, 3.05) is 5.32 Å². The fraction of sp³-hybridized carbons (Fsp3) is 0.400. The molecule has 0 aliphatic rings. The van der Waals surface area contributed by atoms with E-state index in [0.29, 0.717) is 5.69 Å². The molecule has 0 saturated carbocycles. The van der Waals surface area contributed by atoms with Gasteiger partial charge in [-0.15, -0.1) is 0 Å². The second-order valence-corrected chi connectivity index (χ2v) is 4.54. The first-order valence-electron chi connectivity index (χ1n) is 4.94. The quantitative estimate of drug-likeness (QED) is 0.602. The fourth-order valence-electron chi connectivity index (χ4n) is 1.04. The number of pyridine rings is 1. The molecular formula is C10H15BN2O3. The third-order valence-electron chi connectivity index (χ3n) is 2.06. The normalized spacial score (nSPS) is 11.1. The molecule has 0 fully saturated rings. The molecule has 0 atom stereocenters. The standard InChI is InChI=1S/C10H15BN2O3/c1-10(2,3)9(14)13-8-4-5-12-6-7(8)11(15)16/h4-6,15-16H,1-3H3,(H,12,13,14). The minimum atomic E-state index is -1.65. The summed E-state index contributed by atoms with van der Waals surface area (Å²) in [5.74, 6) is -0.194. The number of aromatic nitrogens is 1. The van der Waals surface area contributed by atoms with E-state index >= 15 is 0 Å². The van der Waals surface area contributed by atoms with Crippen molar-refractivity contribution in [3.05, 3.63) is 18.5 Å². The highest BCUT2D eigenvalue weighted by Gasteiger charge is 2.24. The van der Waals surface area contributed by atoms with Gasteiger partial charge in [0.2, 0.25) is 5.91 Å². The maximum atomic E-state index is 11.7. The first kappa shape index (κ1) is 12.7. The van der Waals surface area contributed by atoms with Gasteiger partial charge in [0.05, 0.1) is 0 Å². The van der Waals surface area contributed by atoms with E-state index in [9.17, 15) is 4.79 Å². The number of nitrogens with zero attached hydrogens (tertiary/aromatic N) is 1. The topological polar surface area (TPSA) is 82.5 Å². The van der Waals surface area contributed by atoms with Crippen molar-refractivity contribution in [1.29, 1.82) is 0 Å². The summed E-state index contributed by atoms with van der Waals surface area (Å²) < 4.78 is 0. The first-order valence-corrected chi connectivity index (χ1v) is 4.94. The summed E-state index contributed by atoms with van der Waals surface area (Å²) in [7, 11) is -1.65. The number of carbonyl (C=O) groups is 1. The van der Waals surface area contributed by atoms with E-state index in [-0.39, 0.29) is 11.4 Å². The number of hydrogen-bond acceptors (Lipinski definition) is 4. The Morgan fingerprint density at radius 3 is 2.56 bits per heavy atom. The molecule has 1 heterocycles. The molecule has 6 heteroatoms. The van der Waals surface area contributed by atoms with Crippen LogP contribution in [0.3, 0.4) is 0 Å². The lowest BCUT2D eigenvalue weighted by atomic mass is 9.80. The fourth-order valence-corrected chi connectivity index (χ4v) is 1.04. The van der Waals surface area contributed by atoms with Crippen LogP contribution in [0.4, 0.5) is 5.69 Å². The average molecular weight is 222 g/mol. The third kappa shape index (κ3) is 3.05. The average Bonchev–Trinajstić information content (AvgIpc) is 2.16. The zero-order valence-corrected chi connectivity index (χ0v) is 9.56. The second kappa shape index (κ2) is 4.63. The number of amides is 1. The van der Waals surface area contributed by atoms with Gasteiger partial charge in [-0.05, 0) is 6.07 Å². The van der Waals surface area contributed by atoms with Crippen LogP contribution in [0.25, 0.3) is 0 Å². The molecule has 0 spiro atoms. The Labute approximate surface area is 94.7 Å². The zero-order chi connectivity index (χ0) is 12.3. The third-order valence-corrected chi connectivity index (χ3v) is 2.06. The second-order valence-electron chi connectivity index (χ2n) is 4.54. The Kier molecular flexibility index (Phi) is 3.67. The van der Waals surface area contributed by atoms with Crippen molar-refractivity contribution in [1.82, 2.24) is 4.98 Å². The van der Waals surface area contributed by atoms with Gasteiger partial charge in [0.25, 0.3) is 0 Å². The van der Waals surface area contributed by atoms with Crippen molar-refractivity contribution < 1.29 is 14.8 Å². The van der Waals surface area contributed by atoms with Crippen LogP contribution in [-0.2, 0) is 4.79 Å². The predicted molar refractivity (Wildman–Crippen MR) is 62.1 cm³/mol. The van der Waals surface area contributed by atoms with Crippen molar-refractivity contribution in [3.63, 3.8) is 0 Å². The maximum absolute atomic E-state index is 11.7. The molecule has 1 aromatic rings. The van der Waals surface area contributed by atoms with Gasteiger partial charge in [0, 0.05) is 29.0 Å². The van der Waals surface area contributed by atoms with Gasteiger partial charge < -0.3 is 15.4 Å². The van der Waals surface area contributed by atoms with Crippen LogP contribution < -0.4 is 10.8 Å². The molecule has 16 heavy (non-hydrogen) atoms. The van der Waals surface area contributed by atoms with Gasteiger partial charge in [-0.3, -0.25) is 9.78 Å². The molecular weight excluding hydrogens is 207 g/mol. The Hall–Kier alpha value is -1.40. The Bertz CT molecular complexity index is 388. The molecule has 0 radical (unpaired) electrons. The minimum absolute atomic E-state index is 0.181. The maximum Gasteiger partial charge on any atom is 0.492 e. The summed E-state index contributed by atoms with van der Waals surface area (Å²) in [5, 5.41) is 20.8. The number of anilines is 1. The summed E-state index contributed by atoms with van der Waals surface area (Å²) in [6.07, 6.45) is 2.78. The van der Waals surface area contributed by atoms with E-state index in [2.05, 4.69) is 10.3 Å². The van der Waals surface area contributed by atoms with Crippen LogP contribution in [0.2, 0.25) is 0 Å². The summed E-state index contributed by atoms with van der Waals surface area (Å²) in [4.78, 5) is 15.5. The van der Waals surface area contributed by atoms with Gasteiger partial charge >= 0.3 is 7.12 Å². The van der Waals surface area contributed by atoms with Gasteiger partial charge in [-0.25, -0.2) is 0 Å². The van der Waals surface area contributed by atoms with E-state index in [0.717, 1.165) is 0 Å². The predicted octanol–water partition coefficient (Wildman–Crippen LogP) is -0.254. The highest BCUT2D eigenvalue weighted by atomic mass is 16.4. The van der Waals surface area contributed by atoms with Crippen molar-refractivity contribution in [3.8, 4) is 0 Å². The van der Waals surface area contributed by atoms with E-state index in [4.69, 9.17) is 10.0 Å². The van der Waals surface area contributed by atoms with Gasteiger partial charge in [0.1, 0.15) is 0 Å². The summed E-state index contributed by atoms with van der Waals surface area (Å²) >= 11 is 0. The molecule has 0 unspecified atom stereocenters. The number of nitrogens with one attached hydrogen (secondary N) is 1. The molecule has 1 rings (SSSR count). The molecule has 0 aliphatic carbocycles.